The second kappa shape index (κ2) is 7.27. The Bertz CT molecular complexity index is 1010. The van der Waals surface area contributed by atoms with Gasteiger partial charge in [0.15, 0.2) is 0 Å². The van der Waals surface area contributed by atoms with Crippen LogP contribution < -0.4 is 5.32 Å². The largest absolute Gasteiger partial charge is 0.326 e. The van der Waals surface area contributed by atoms with E-state index in [2.05, 4.69) is 67.7 Å². The molecule has 4 heteroatoms. The number of halogens is 2. The van der Waals surface area contributed by atoms with Gasteiger partial charge in [-0.1, -0.05) is 82.9 Å². The molecule has 4 rings (SSSR count). The highest BCUT2D eigenvalue weighted by molar-refractivity contribution is 6.42. The van der Waals surface area contributed by atoms with Gasteiger partial charge in [-0.3, -0.25) is 4.79 Å². The lowest BCUT2D eigenvalue weighted by molar-refractivity contribution is -0.117. The summed E-state index contributed by atoms with van der Waals surface area (Å²) < 4.78 is 0. The molecular formula is C24H21Cl2NO. The first kappa shape index (κ1) is 19.0. The summed E-state index contributed by atoms with van der Waals surface area (Å²) in [4.78, 5) is 13.1. The van der Waals surface area contributed by atoms with Gasteiger partial charge in [-0.15, -0.1) is 0 Å². The van der Waals surface area contributed by atoms with Crippen molar-refractivity contribution in [3.8, 4) is 0 Å². The molecule has 142 valence electrons. The predicted molar refractivity (Wildman–Crippen MR) is 116 cm³/mol. The van der Waals surface area contributed by atoms with Gasteiger partial charge >= 0.3 is 0 Å². The van der Waals surface area contributed by atoms with E-state index in [1.807, 2.05) is 0 Å². The highest BCUT2D eigenvalue weighted by Crippen LogP contribution is 2.59. The first-order chi connectivity index (χ1) is 13.4. The van der Waals surface area contributed by atoms with Crippen molar-refractivity contribution in [1.82, 2.24) is 0 Å². The van der Waals surface area contributed by atoms with Crippen molar-refractivity contribution in [3.05, 3.63) is 99.0 Å². The SMILES string of the molecule is Cc1cccc(C2(c3cccc(C)c3)C[C@@H]2C(=O)Nc2ccc(Cl)c(Cl)c2)c1. The molecule has 0 heterocycles. The van der Waals surface area contributed by atoms with Crippen LogP contribution in [0.4, 0.5) is 5.69 Å². The molecule has 3 aromatic carbocycles. The molecule has 0 radical (unpaired) electrons. The lowest BCUT2D eigenvalue weighted by atomic mass is 9.84. The Morgan fingerprint density at radius 1 is 0.893 bits per heavy atom. The van der Waals surface area contributed by atoms with Gasteiger partial charge in [-0.25, -0.2) is 0 Å². The first-order valence-corrected chi connectivity index (χ1v) is 10.1. The van der Waals surface area contributed by atoms with E-state index >= 15 is 0 Å². The average molecular weight is 410 g/mol. The van der Waals surface area contributed by atoms with E-state index < -0.39 is 0 Å². The Morgan fingerprint density at radius 2 is 1.50 bits per heavy atom. The van der Waals surface area contributed by atoms with Crippen LogP contribution in [0.15, 0.2) is 66.7 Å². The maximum Gasteiger partial charge on any atom is 0.228 e. The zero-order chi connectivity index (χ0) is 19.9. The third-order valence-corrected chi connectivity index (χ3v) is 6.27. The van der Waals surface area contributed by atoms with Crippen molar-refractivity contribution >= 4 is 34.8 Å². The summed E-state index contributed by atoms with van der Waals surface area (Å²) in [5.41, 5.74) is 5.13. The Labute approximate surface area is 175 Å². The van der Waals surface area contributed by atoms with Gasteiger partial charge < -0.3 is 5.32 Å². The first-order valence-electron chi connectivity index (χ1n) is 9.30. The molecule has 1 N–H and O–H groups in total. The molecule has 3 aromatic rings. The van der Waals surface area contributed by atoms with Crippen molar-refractivity contribution in [2.24, 2.45) is 5.92 Å². The molecule has 0 aromatic heterocycles. The number of nitrogens with one attached hydrogen (secondary N) is 1. The molecule has 0 unspecified atom stereocenters. The van der Waals surface area contributed by atoms with Crippen LogP contribution in [0.2, 0.25) is 10.0 Å². The van der Waals surface area contributed by atoms with Crippen LogP contribution in [0.5, 0.6) is 0 Å². The fourth-order valence-electron chi connectivity index (χ4n) is 4.03. The molecule has 0 aliphatic heterocycles. The molecule has 1 fully saturated rings. The molecule has 0 saturated heterocycles. The number of carbonyl (C=O) groups is 1. The lowest BCUT2D eigenvalue weighted by Crippen LogP contribution is -2.22. The number of rotatable bonds is 4. The van der Waals surface area contributed by atoms with E-state index in [4.69, 9.17) is 23.2 Å². The predicted octanol–water partition coefficient (Wildman–Crippen LogP) is 6.55. The smallest absolute Gasteiger partial charge is 0.228 e. The Morgan fingerprint density at radius 3 is 2.04 bits per heavy atom. The number of benzene rings is 3. The molecule has 28 heavy (non-hydrogen) atoms. The van der Waals surface area contributed by atoms with Crippen molar-refractivity contribution in [1.29, 1.82) is 0 Å². The van der Waals surface area contributed by atoms with Crippen LogP contribution in [0.3, 0.4) is 0 Å². The van der Waals surface area contributed by atoms with E-state index in [0.29, 0.717) is 15.7 Å². The number of amides is 1. The van der Waals surface area contributed by atoms with Crippen molar-refractivity contribution < 1.29 is 4.79 Å². The summed E-state index contributed by atoms with van der Waals surface area (Å²) in [6.45, 7) is 4.17. The Balaban J connectivity index is 1.69. The summed E-state index contributed by atoms with van der Waals surface area (Å²) in [6, 6.07) is 22.1. The second-order valence-corrected chi connectivity index (χ2v) is 8.40. The Kier molecular flexibility index (Phi) is 4.95. The topological polar surface area (TPSA) is 29.1 Å². The van der Waals surface area contributed by atoms with Gasteiger partial charge in [0.25, 0.3) is 0 Å². The van der Waals surface area contributed by atoms with Crippen LogP contribution in [0.1, 0.15) is 28.7 Å². The molecule has 0 bridgehead atoms. The quantitative estimate of drug-likeness (QED) is 0.519. The number of hydrogen-bond acceptors (Lipinski definition) is 1. The second-order valence-electron chi connectivity index (χ2n) is 7.59. The van der Waals surface area contributed by atoms with Gasteiger partial charge in [0.2, 0.25) is 5.91 Å². The maximum atomic E-state index is 13.1. The highest BCUT2D eigenvalue weighted by atomic mass is 35.5. The van der Waals surface area contributed by atoms with E-state index in [0.717, 1.165) is 6.42 Å². The number of carbonyl (C=O) groups excluding carboxylic acids is 1. The normalized spacial score (nSPS) is 17.2. The summed E-state index contributed by atoms with van der Waals surface area (Å²) in [5, 5.41) is 3.92. The molecule has 1 aliphatic rings. The molecule has 2 nitrogen and oxygen atoms in total. The van der Waals surface area contributed by atoms with Crippen molar-refractivity contribution in [2.45, 2.75) is 25.7 Å². The van der Waals surface area contributed by atoms with Crippen LogP contribution in [-0.4, -0.2) is 5.91 Å². The number of hydrogen-bond donors (Lipinski definition) is 1. The molecular weight excluding hydrogens is 389 g/mol. The number of aryl methyl sites for hydroxylation is 2. The third kappa shape index (κ3) is 3.43. The van der Waals surface area contributed by atoms with Gasteiger partial charge in [-0.05, 0) is 49.6 Å². The van der Waals surface area contributed by atoms with Gasteiger partial charge in [0.05, 0.1) is 16.0 Å². The van der Waals surface area contributed by atoms with Crippen molar-refractivity contribution in [2.75, 3.05) is 5.32 Å². The van der Waals surface area contributed by atoms with E-state index in [-0.39, 0.29) is 17.2 Å². The summed E-state index contributed by atoms with van der Waals surface area (Å²) in [6.07, 6.45) is 0.785. The molecule has 1 aliphatic carbocycles. The summed E-state index contributed by atoms with van der Waals surface area (Å²) >= 11 is 12.1. The van der Waals surface area contributed by atoms with Crippen molar-refractivity contribution in [3.63, 3.8) is 0 Å². The maximum absolute atomic E-state index is 13.1. The minimum Gasteiger partial charge on any atom is -0.326 e. The van der Waals surface area contributed by atoms with E-state index in [9.17, 15) is 4.79 Å². The van der Waals surface area contributed by atoms with Gasteiger partial charge in [-0.2, -0.15) is 0 Å². The standard InChI is InChI=1S/C24H21Cl2NO/c1-15-5-3-7-17(11-15)24(18-8-4-6-16(2)12-18)14-20(24)23(28)27-19-9-10-21(25)22(26)13-19/h3-13,20H,14H2,1-2H3,(H,27,28)/t20-/m1/s1. The average Bonchev–Trinajstić information content (AvgIpc) is 3.42. The molecule has 1 amide bonds. The highest BCUT2D eigenvalue weighted by Gasteiger charge is 2.60. The lowest BCUT2D eigenvalue weighted by Gasteiger charge is -2.20. The van der Waals surface area contributed by atoms with Crippen LogP contribution in [0, 0.1) is 19.8 Å². The molecule has 0 spiro atoms. The zero-order valence-electron chi connectivity index (χ0n) is 15.8. The minimum absolute atomic E-state index is 0.00130. The van der Waals surface area contributed by atoms with Crippen LogP contribution in [-0.2, 0) is 10.2 Å². The number of anilines is 1. The summed E-state index contributed by atoms with van der Waals surface area (Å²) in [7, 11) is 0. The van der Waals surface area contributed by atoms with Crippen LogP contribution >= 0.6 is 23.2 Å². The Hall–Kier alpha value is -2.29. The summed E-state index contributed by atoms with van der Waals surface area (Å²) in [5.74, 6) is -0.132. The monoisotopic (exact) mass is 409 g/mol. The van der Waals surface area contributed by atoms with E-state index in [1.165, 1.54) is 22.3 Å². The third-order valence-electron chi connectivity index (χ3n) is 5.53. The fraction of sp³-hybridized carbons (Fsp3) is 0.208. The van der Waals surface area contributed by atoms with E-state index in [1.54, 1.807) is 18.2 Å². The van der Waals surface area contributed by atoms with Gasteiger partial charge in [0.1, 0.15) is 0 Å². The van der Waals surface area contributed by atoms with Gasteiger partial charge in [0, 0.05) is 11.1 Å². The zero-order valence-corrected chi connectivity index (χ0v) is 17.3. The minimum atomic E-state index is -0.293. The molecule has 1 saturated carbocycles. The fourth-order valence-corrected chi connectivity index (χ4v) is 4.33. The molecule has 1 atom stereocenters. The van der Waals surface area contributed by atoms with Crippen LogP contribution in [0.25, 0.3) is 0 Å².